The summed E-state index contributed by atoms with van der Waals surface area (Å²) >= 11 is 14.6. The quantitative estimate of drug-likeness (QED) is 0.247. The first-order chi connectivity index (χ1) is 16.3. The molecule has 11 heteroatoms. The standard InChI is InChI=1S/C23H16Cl2N4O3S2/c1-33-16-4-2-3-15(11-16)26-20(31)12-5-7-13(8-6-12)21(32)27-23-29-28-22(34-23)17-9-14(24)10-18(25)19(17)30/h2-11,30H,1H3,(H,26,31)(H,27,29,32). The number of amides is 2. The Kier molecular flexibility index (Phi) is 7.38. The van der Waals surface area contributed by atoms with Crippen molar-refractivity contribution < 1.29 is 14.7 Å². The maximum absolute atomic E-state index is 12.6. The first-order valence-electron chi connectivity index (χ1n) is 9.73. The number of phenols is 1. The number of carbonyl (C=O) groups is 2. The van der Waals surface area contributed by atoms with Crippen LogP contribution in [-0.4, -0.2) is 33.4 Å². The van der Waals surface area contributed by atoms with E-state index in [9.17, 15) is 14.7 Å². The van der Waals surface area contributed by atoms with Crippen LogP contribution in [0, 0.1) is 0 Å². The van der Waals surface area contributed by atoms with E-state index in [1.807, 2.05) is 30.5 Å². The summed E-state index contributed by atoms with van der Waals surface area (Å²) in [7, 11) is 0. The maximum atomic E-state index is 12.6. The molecule has 4 rings (SSSR count). The molecular weight excluding hydrogens is 515 g/mol. The Labute approximate surface area is 213 Å². The van der Waals surface area contributed by atoms with Gasteiger partial charge in [0.15, 0.2) is 5.01 Å². The second-order valence-corrected chi connectivity index (χ2v) is 9.61. The molecule has 0 aliphatic rings. The Morgan fingerprint density at radius 2 is 1.62 bits per heavy atom. The van der Waals surface area contributed by atoms with E-state index in [1.165, 1.54) is 12.1 Å². The highest BCUT2D eigenvalue weighted by atomic mass is 35.5. The number of nitrogens with one attached hydrogen (secondary N) is 2. The summed E-state index contributed by atoms with van der Waals surface area (Å²) in [5.74, 6) is -0.872. The van der Waals surface area contributed by atoms with E-state index in [2.05, 4.69) is 20.8 Å². The summed E-state index contributed by atoms with van der Waals surface area (Å²) < 4.78 is 0. The van der Waals surface area contributed by atoms with Gasteiger partial charge in [0, 0.05) is 26.7 Å². The summed E-state index contributed by atoms with van der Waals surface area (Å²) in [6.45, 7) is 0. The number of aromatic nitrogens is 2. The highest BCUT2D eigenvalue weighted by Gasteiger charge is 2.17. The van der Waals surface area contributed by atoms with Crippen molar-refractivity contribution in [3.63, 3.8) is 0 Å². The zero-order valence-electron chi connectivity index (χ0n) is 17.5. The molecule has 0 spiro atoms. The number of benzene rings is 3. The molecule has 0 saturated carbocycles. The molecule has 0 atom stereocenters. The van der Waals surface area contributed by atoms with Gasteiger partial charge in [-0.3, -0.25) is 14.9 Å². The molecule has 0 aliphatic heterocycles. The molecule has 0 fully saturated rings. The van der Waals surface area contributed by atoms with Crippen LogP contribution >= 0.6 is 46.3 Å². The van der Waals surface area contributed by atoms with E-state index >= 15 is 0 Å². The molecule has 34 heavy (non-hydrogen) atoms. The van der Waals surface area contributed by atoms with Gasteiger partial charge in [-0.05, 0) is 60.9 Å². The van der Waals surface area contributed by atoms with Crippen molar-refractivity contribution in [2.45, 2.75) is 4.90 Å². The van der Waals surface area contributed by atoms with E-state index in [0.717, 1.165) is 16.2 Å². The van der Waals surface area contributed by atoms with Gasteiger partial charge < -0.3 is 10.4 Å². The topological polar surface area (TPSA) is 104 Å². The van der Waals surface area contributed by atoms with E-state index < -0.39 is 5.91 Å². The summed E-state index contributed by atoms with van der Waals surface area (Å²) in [4.78, 5) is 26.2. The minimum atomic E-state index is -0.421. The first-order valence-corrected chi connectivity index (χ1v) is 12.5. The molecular formula is C23H16Cl2N4O3S2. The molecule has 1 heterocycles. The Morgan fingerprint density at radius 1 is 0.941 bits per heavy atom. The van der Waals surface area contributed by atoms with Crippen LogP contribution in [0.1, 0.15) is 20.7 Å². The normalized spacial score (nSPS) is 10.7. The maximum Gasteiger partial charge on any atom is 0.257 e. The zero-order chi connectivity index (χ0) is 24.2. The number of hydrogen-bond acceptors (Lipinski definition) is 7. The minimum absolute atomic E-state index is 0.0874. The van der Waals surface area contributed by atoms with Crippen LogP contribution in [0.5, 0.6) is 5.75 Å². The number of phenolic OH excluding ortho intramolecular Hbond substituents is 1. The van der Waals surface area contributed by atoms with Gasteiger partial charge in [0.1, 0.15) is 5.75 Å². The lowest BCUT2D eigenvalue weighted by Crippen LogP contribution is -2.14. The lowest BCUT2D eigenvalue weighted by atomic mass is 10.1. The number of anilines is 2. The van der Waals surface area contributed by atoms with Crippen LogP contribution < -0.4 is 10.6 Å². The zero-order valence-corrected chi connectivity index (χ0v) is 20.6. The number of rotatable bonds is 6. The van der Waals surface area contributed by atoms with Crippen LogP contribution in [0.25, 0.3) is 10.6 Å². The molecule has 3 aromatic carbocycles. The van der Waals surface area contributed by atoms with Crippen LogP contribution in [0.2, 0.25) is 10.0 Å². The number of carbonyl (C=O) groups excluding carboxylic acids is 2. The Balaban J connectivity index is 1.43. The lowest BCUT2D eigenvalue weighted by molar-refractivity contribution is 0.101. The second kappa shape index (κ2) is 10.4. The van der Waals surface area contributed by atoms with Crippen LogP contribution in [0.3, 0.4) is 0 Å². The van der Waals surface area contributed by atoms with Crippen molar-refractivity contribution in [3.05, 3.63) is 81.8 Å². The van der Waals surface area contributed by atoms with Gasteiger partial charge in [-0.15, -0.1) is 22.0 Å². The molecule has 0 unspecified atom stereocenters. The molecule has 0 saturated heterocycles. The predicted octanol–water partition coefficient (Wildman–Crippen LogP) is 6.44. The molecule has 172 valence electrons. The third-order valence-corrected chi connectivity index (χ3v) is 6.74. The van der Waals surface area contributed by atoms with Crippen molar-refractivity contribution in [2.24, 2.45) is 0 Å². The monoisotopic (exact) mass is 530 g/mol. The Hall–Kier alpha value is -3.11. The van der Waals surface area contributed by atoms with Gasteiger partial charge in [0.2, 0.25) is 5.13 Å². The van der Waals surface area contributed by atoms with E-state index in [-0.39, 0.29) is 21.8 Å². The van der Waals surface area contributed by atoms with Gasteiger partial charge >= 0.3 is 0 Å². The highest BCUT2D eigenvalue weighted by Crippen LogP contribution is 2.39. The fraction of sp³-hybridized carbons (Fsp3) is 0.0435. The van der Waals surface area contributed by atoms with Crippen LogP contribution in [0.4, 0.5) is 10.8 Å². The second-order valence-electron chi connectivity index (χ2n) is 6.91. The van der Waals surface area contributed by atoms with Crippen molar-refractivity contribution in [1.29, 1.82) is 0 Å². The largest absolute Gasteiger partial charge is 0.506 e. The summed E-state index contributed by atoms with van der Waals surface area (Å²) in [5.41, 5.74) is 1.76. The number of aromatic hydroxyl groups is 1. The van der Waals surface area contributed by atoms with Gasteiger partial charge in [-0.25, -0.2) is 0 Å². The molecule has 2 amide bonds. The molecule has 1 aromatic heterocycles. The molecule has 3 N–H and O–H groups in total. The van der Waals surface area contributed by atoms with E-state index in [1.54, 1.807) is 36.0 Å². The third-order valence-electron chi connectivity index (χ3n) is 4.64. The van der Waals surface area contributed by atoms with E-state index in [4.69, 9.17) is 23.2 Å². The molecule has 0 bridgehead atoms. The van der Waals surface area contributed by atoms with Gasteiger partial charge in [-0.1, -0.05) is 40.6 Å². The number of thioether (sulfide) groups is 1. The van der Waals surface area contributed by atoms with Gasteiger partial charge in [0.05, 0.1) is 10.6 Å². The molecule has 7 nitrogen and oxygen atoms in total. The summed E-state index contributed by atoms with van der Waals surface area (Å²) in [5, 5.41) is 24.6. The van der Waals surface area contributed by atoms with Crippen molar-refractivity contribution >= 4 is 68.9 Å². The third kappa shape index (κ3) is 5.51. The van der Waals surface area contributed by atoms with Crippen molar-refractivity contribution in [2.75, 3.05) is 16.9 Å². The van der Waals surface area contributed by atoms with Crippen LogP contribution in [-0.2, 0) is 0 Å². The van der Waals surface area contributed by atoms with Crippen LogP contribution in [0.15, 0.2) is 65.6 Å². The van der Waals surface area contributed by atoms with Crippen molar-refractivity contribution in [1.82, 2.24) is 10.2 Å². The molecule has 0 aliphatic carbocycles. The summed E-state index contributed by atoms with van der Waals surface area (Å²) in [6.07, 6.45) is 1.96. The smallest absolute Gasteiger partial charge is 0.257 e. The fourth-order valence-electron chi connectivity index (χ4n) is 2.96. The van der Waals surface area contributed by atoms with Gasteiger partial charge in [0.25, 0.3) is 11.8 Å². The number of hydrogen-bond donors (Lipinski definition) is 3. The van der Waals surface area contributed by atoms with Gasteiger partial charge in [-0.2, -0.15) is 0 Å². The lowest BCUT2D eigenvalue weighted by Gasteiger charge is -2.07. The molecule has 0 radical (unpaired) electrons. The Bertz CT molecular complexity index is 1380. The first kappa shape index (κ1) is 24.0. The minimum Gasteiger partial charge on any atom is -0.506 e. The Morgan fingerprint density at radius 3 is 2.29 bits per heavy atom. The number of nitrogens with zero attached hydrogens (tertiary/aromatic N) is 2. The molecule has 4 aromatic rings. The summed E-state index contributed by atoms with van der Waals surface area (Å²) in [6, 6.07) is 16.7. The van der Waals surface area contributed by atoms with Crippen molar-refractivity contribution in [3.8, 4) is 16.3 Å². The SMILES string of the molecule is CSc1cccc(NC(=O)c2ccc(C(=O)Nc3nnc(-c4cc(Cl)cc(Cl)c4O)s3)cc2)c1. The van der Waals surface area contributed by atoms with E-state index in [0.29, 0.717) is 32.4 Å². The fourth-order valence-corrected chi connectivity index (χ4v) is 4.67. The highest BCUT2D eigenvalue weighted by molar-refractivity contribution is 7.98. The predicted molar refractivity (Wildman–Crippen MR) is 138 cm³/mol. The average molecular weight is 531 g/mol. The average Bonchev–Trinajstić information content (AvgIpc) is 3.29. The number of halogens is 2.